The van der Waals surface area contributed by atoms with E-state index in [1.807, 2.05) is 4.90 Å². The van der Waals surface area contributed by atoms with Gasteiger partial charge in [-0.25, -0.2) is 0 Å². The number of fused-ring (bicyclic) bond motifs is 1. The predicted octanol–water partition coefficient (Wildman–Crippen LogP) is 4.25. The van der Waals surface area contributed by atoms with Crippen molar-refractivity contribution in [3.63, 3.8) is 0 Å². The van der Waals surface area contributed by atoms with Crippen LogP contribution in [0.25, 0.3) is 0 Å². The van der Waals surface area contributed by atoms with Crippen LogP contribution in [0.1, 0.15) is 47.9 Å². The van der Waals surface area contributed by atoms with Crippen LogP contribution in [0.4, 0.5) is 0 Å². The zero-order chi connectivity index (χ0) is 21.3. The van der Waals surface area contributed by atoms with Gasteiger partial charge in [-0.15, -0.1) is 24.0 Å². The van der Waals surface area contributed by atoms with Crippen LogP contribution in [0.2, 0.25) is 0 Å². The summed E-state index contributed by atoms with van der Waals surface area (Å²) in [4.78, 5) is 18.9. The van der Waals surface area contributed by atoms with Gasteiger partial charge in [-0.05, 0) is 42.4 Å². The maximum atomic E-state index is 12.6. The molecule has 0 spiro atoms. The number of carbonyl (C=O) groups is 1. The summed E-state index contributed by atoms with van der Waals surface area (Å²) in [5, 5.41) is 6.72. The van der Waals surface area contributed by atoms with E-state index in [2.05, 4.69) is 78.0 Å². The van der Waals surface area contributed by atoms with Crippen molar-refractivity contribution < 1.29 is 4.79 Å². The van der Waals surface area contributed by atoms with Gasteiger partial charge in [0.15, 0.2) is 5.96 Å². The van der Waals surface area contributed by atoms with Crippen LogP contribution in [0.15, 0.2) is 53.5 Å². The van der Waals surface area contributed by atoms with Gasteiger partial charge in [0, 0.05) is 39.6 Å². The van der Waals surface area contributed by atoms with Crippen molar-refractivity contribution >= 4 is 35.8 Å². The molecule has 0 saturated heterocycles. The Hall–Kier alpha value is -2.09. The quantitative estimate of drug-likeness (QED) is 0.242. The standard InChI is InChI=1S/C25H34N4O.HI/c1-19-10-12-21(13-11-19)20(2)17-28-25(26-3)27-15-6-9-24(30)29-16-14-22-7-4-5-8-23(22)18-29;/h4-5,7-8,10-13,20H,6,9,14-18H2,1-3H3,(H2,26,27,28);1H. The van der Waals surface area contributed by atoms with E-state index in [0.29, 0.717) is 12.3 Å². The van der Waals surface area contributed by atoms with Crippen LogP contribution in [-0.4, -0.2) is 43.4 Å². The normalized spacial score (nSPS) is 14.3. The highest BCUT2D eigenvalue weighted by atomic mass is 127. The minimum absolute atomic E-state index is 0. The third kappa shape index (κ3) is 7.52. The first-order valence-corrected chi connectivity index (χ1v) is 10.9. The molecule has 5 nitrogen and oxygen atoms in total. The molecule has 1 unspecified atom stereocenters. The van der Waals surface area contributed by atoms with E-state index in [9.17, 15) is 4.79 Å². The maximum Gasteiger partial charge on any atom is 0.222 e. The SMILES string of the molecule is CN=C(NCCCC(=O)N1CCc2ccccc2C1)NCC(C)c1ccc(C)cc1.I. The van der Waals surface area contributed by atoms with Crippen molar-refractivity contribution in [1.29, 1.82) is 0 Å². The van der Waals surface area contributed by atoms with Crippen molar-refractivity contribution in [2.75, 3.05) is 26.7 Å². The number of guanidine groups is 1. The zero-order valence-electron chi connectivity index (χ0n) is 18.9. The summed E-state index contributed by atoms with van der Waals surface area (Å²) < 4.78 is 0. The van der Waals surface area contributed by atoms with Crippen LogP contribution in [0, 0.1) is 6.92 Å². The summed E-state index contributed by atoms with van der Waals surface area (Å²) in [5.41, 5.74) is 5.25. The molecule has 1 aliphatic heterocycles. The van der Waals surface area contributed by atoms with Gasteiger partial charge in [0.1, 0.15) is 0 Å². The molecule has 6 heteroatoms. The van der Waals surface area contributed by atoms with Gasteiger partial charge < -0.3 is 15.5 Å². The third-order valence-electron chi connectivity index (χ3n) is 5.79. The molecule has 0 fully saturated rings. The van der Waals surface area contributed by atoms with Gasteiger partial charge in [-0.1, -0.05) is 61.0 Å². The smallest absolute Gasteiger partial charge is 0.222 e. The summed E-state index contributed by atoms with van der Waals surface area (Å²) in [5.74, 6) is 1.42. The van der Waals surface area contributed by atoms with E-state index in [1.165, 1.54) is 22.3 Å². The number of amides is 1. The van der Waals surface area contributed by atoms with Crippen LogP contribution >= 0.6 is 24.0 Å². The van der Waals surface area contributed by atoms with Crippen LogP contribution in [0.5, 0.6) is 0 Å². The molecule has 1 heterocycles. The van der Waals surface area contributed by atoms with Crippen molar-refractivity contribution in [1.82, 2.24) is 15.5 Å². The first kappa shape index (κ1) is 25.2. The molecule has 2 N–H and O–H groups in total. The van der Waals surface area contributed by atoms with Gasteiger partial charge in [0.05, 0.1) is 0 Å². The number of aliphatic imine (C=N–C) groups is 1. The number of hydrogen-bond donors (Lipinski definition) is 2. The molecule has 0 bridgehead atoms. The van der Waals surface area contributed by atoms with E-state index in [1.54, 1.807) is 7.05 Å². The Morgan fingerprint density at radius 2 is 1.81 bits per heavy atom. The minimum atomic E-state index is 0. The number of benzene rings is 2. The predicted molar refractivity (Wildman–Crippen MR) is 139 cm³/mol. The molecule has 0 radical (unpaired) electrons. The number of hydrogen-bond acceptors (Lipinski definition) is 2. The summed E-state index contributed by atoms with van der Waals surface area (Å²) in [7, 11) is 1.78. The van der Waals surface area contributed by atoms with E-state index in [4.69, 9.17) is 0 Å². The van der Waals surface area contributed by atoms with E-state index < -0.39 is 0 Å². The van der Waals surface area contributed by atoms with Crippen LogP contribution < -0.4 is 10.6 Å². The average Bonchev–Trinajstić information content (AvgIpc) is 2.78. The van der Waals surface area contributed by atoms with Gasteiger partial charge >= 0.3 is 0 Å². The van der Waals surface area contributed by atoms with Gasteiger partial charge in [-0.3, -0.25) is 9.79 Å². The van der Waals surface area contributed by atoms with Crippen molar-refractivity contribution in [3.8, 4) is 0 Å². The fourth-order valence-corrected chi connectivity index (χ4v) is 3.80. The number of carbonyl (C=O) groups excluding carboxylic acids is 1. The second-order valence-electron chi connectivity index (χ2n) is 8.13. The Labute approximate surface area is 203 Å². The Kier molecular flexibility index (Phi) is 10.3. The van der Waals surface area contributed by atoms with Gasteiger partial charge in [0.2, 0.25) is 5.91 Å². The minimum Gasteiger partial charge on any atom is -0.356 e. The van der Waals surface area contributed by atoms with Crippen molar-refractivity contribution in [3.05, 3.63) is 70.8 Å². The molecule has 0 saturated carbocycles. The molecule has 168 valence electrons. The Balaban J connectivity index is 0.00000341. The second-order valence-corrected chi connectivity index (χ2v) is 8.13. The largest absolute Gasteiger partial charge is 0.356 e. The lowest BCUT2D eigenvalue weighted by molar-refractivity contribution is -0.132. The molecule has 2 aromatic carbocycles. The topological polar surface area (TPSA) is 56.7 Å². The average molecular weight is 534 g/mol. The highest BCUT2D eigenvalue weighted by Gasteiger charge is 2.19. The Morgan fingerprint density at radius 1 is 1.10 bits per heavy atom. The molecule has 31 heavy (non-hydrogen) atoms. The zero-order valence-corrected chi connectivity index (χ0v) is 21.2. The van der Waals surface area contributed by atoms with Crippen LogP contribution in [-0.2, 0) is 17.8 Å². The fourth-order valence-electron chi connectivity index (χ4n) is 3.80. The van der Waals surface area contributed by atoms with Crippen LogP contribution in [0.3, 0.4) is 0 Å². The first-order valence-electron chi connectivity index (χ1n) is 10.9. The highest BCUT2D eigenvalue weighted by molar-refractivity contribution is 14.0. The van der Waals surface area contributed by atoms with Crippen molar-refractivity contribution in [2.45, 2.75) is 45.6 Å². The maximum absolute atomic E-state index is 12.6. The Bertz CT molecular complexity index is 866. The summed E-state index contributed by atoms with van der Waals surface area (Å²) >= 11 is 0. The number of nitrogens with one attached hydrogen (secondary N) is 2. The lowest BCUT2D eigenvalue weighted by atomic mass is 9.99. The number of nitrogens with zero attached hydrogens (tertiary/aromatic N) is 2. The van der Waals surface area contributed by atoms with Crippen molar-refractivity contribution in [2.24, 2.45) is 4.99 Å². The van der Waals surface area contributed by atoms with E-state index in [0.717, 1.165) is 45.0 Å². The van der Waals surface area contributed by atoms with Gasteiger partial charge in [-0.2, -0.15) is 0 Å². The molecule has 2 aromatic rings. The summed E-state index contributed by atoms with van der Waals surface area (Å²) in [6, 6.07) is 17.1. The monoisotopic (exact) mass is 534 g/mol. The first-order chi connectivity index (χ1) is 14.6. The van der Waals surface area contributed by atoms with E-state index in [-0.39, 0.29) is 29.9 Å². The lowest BCUT2D eigenvalue weighted by Gasteiger charge is -2.29. The molecule has 1 atom stereocenters. The molecule has 1 amide bonds. The van der Waals surface area contributed by atoms with Gasteiger partial charge in [0.25, 0.3) is 0 Å². The molecule has 0 aromatic heterocycles. The number of rotatable bonds is 7. The molecule has 0 aliphatic carbocycles. The molecule has 3 rings (SSSR count). The van der Waals surface area contributed by atoms with E-state index >= 15 is 0 Å². The molecular weight excluding hydrogens is 499 g/mol. The summed E-state index contributed by atoms with van der Waals surface area (Å²) in [6.45, 7) is 7.42. The second kappa shape index (κ2) is 12.7. The highest BCUT2D eigenvalue weighted by Crippen LogP contribution is 2.19. The summed E-state index contributed by atoms with van der Waals surface area (Å²) in [6.07, 6.45) is 2.31. The molecular formula is C25H35IN4O. The lowest BCUT2D eigenvalue weighted by Crippen LogP contribution is -2.40. The Morgan fingerprint density at radius 3 is 2.52 bits per heavy atom. The number of halogens is 1. The molecule has 1 aliphatic rings. The third-order valence-corrected chi connectivity index (χ3v) is 5.79. The number of aryl methyl sites for hydroxylation is 1. The fraction of sp³-hybridized carbons (Fsp3) is 0.440.